The van der Waals surface area contributed by atoms with Gasteiger partial charge in [0.05, 0.1) is 17.6 Å². The van der Waals surface area contributed by atoms with Gasteiger partial charge in [0, 0.05) is 28.4 Å². The lowest BCUT2D eigenvalue weighted by Crippen LogP contribution is -2.35. The van der Waals surface area contributed by atoms with Gasteiger partial charge in [0.1, 0.15) is 10.5 Å². The van der Waals surface area contributed by atoms with E-state index in [0.717, 1.165) is 21.5 Å². The number of hydrogen-bond donors (Lipinski definition) is 3. The van der Waals surface area contributed by atoms with E-state index in [4.69, 9.17) is 17.3 Å². The Hall–Kier alpha value is -3.76. The Kier molecular flexibility index (Phi) is 6.23. The van der Waals surface area contributed by atoms with Crippen molar-refractivity contribution in [2.75, 3.05) is 11.9 Å². The van der Waals surface area contributed by atoms with E-state index in [9.17, 15) is 14.4 Å². The van der Waals surface area contributed by atoms with Crippen molar-refractivity contribution in [1.82, 2.24) is 20.3 Å². The highest BCUT2D eigenvalue weighted by atomic mass is 35.5. The van der Waals surface area contributed by atoms with Crippen LogP contribution in [0.4, 0.5) is 5.00 Å². The topological polar surface area (TPSA) is 134 Å². The number of nitrogens with zero attached hydrogens (tertiary/aromatic N) is 3. The maximum absolute atomic E-state index is 13.1. The van der Waals surface area contributed by atoms with Crippen LogP contribution < -0.4 is 11.1 Å². The molecule has 35 heavy (non-hydrogen) atoms. The van der Waals surface area contributed by atoms with E-state index in [1.807, 2.05) is 12.1 Å². The van der Waals surface area contributed by atoms with Crippen LogP contribution in [0.5, 0.6) is 0 Å². The number of nitrogens with one attached hydrogen (secondary N) is 2. The van der Waals surface area contributed by atoms with Gasteiger partial charge in [-0.1, -0.05) is 28.9 Å². The lowest BCUT2D eigenvalue weighted by Gasteiger charge is -2.27. The lowest BCUT2D eigenvalue weighted by molar-refractivity contribution is -0.116. The second-order valence-corrected chi connectivity index (χ2v) is 9.81. The third-order valence-corrected chi connectivity index (χ3v) is 7.35. The molecule has 2 aromatic carbocycles. The zero-order chi connectivity index (χ0) is 24.5. The summed E-state index contributed by atoms with van der Waals surface area (Å²) in [7, 11) is 0. The lowest BCUT2D eigenvalue weighted by atomic mass is 10.0. The van der Waals surface area contributed by atoms with Crippen molar-refractivity contribution in [2.45, 2.75) is 25.8 Å². The Morgan fingerprint density at radius 1 is 1.17 bits per heavy atom. The Labute approximate surface area is 209 Å². The molecule has 3 amide bonds. The standard InChI is InChI=1S/C24H21ClN6O3S/c25-15-5-1-13(2-6-15)3-8-20(32)27-23-21(22(26)33)16-9-10-31(12-19(16)35-23)24(34)14-4-7-17-18(11-14)29-30-28-17/h1-2,4-7,11H,3,8-10,12H2,(H2,26,33)(H,27,32)(H,28,29,30). The number of carbonyl (C=O) groups is 3. The molecule has 2 aromatic heterocycles. The first-order valence-electron chi connectivity index (χ1n) is 11.0. The van der Waals surface area contributed by atoms with Crippen LogP contribution in [0.15, 0.2) is 42.5 Å². The summed E-state index contributed by atoms with van der Waals surface area (Å²) in [4.78, 5) is 40.6. The van der Waals surface area contributed by atoms with E-state index in [-0.39, 0.29) is 18.2 Å². The van der Waals surface area contributed by atoms with Crippen LogP contribution in [0.1, 0.15) is 43.1 Å². The van der Waals surface area contributed by atoms with Gasteiger partial charge in [-0.3, -0.25) is 19.5 Å². The van der Waals surface area contributed by atoms with Crippen LogP contribution in [0.2, 0.25) is 5.02 Å². The fraction of sp³-hybridized carbons (Fsp3) is 0.208. The van der Waals surface area contributed by atoms with E-state index in [2.05, 4.69) is 20.7 Å². The van der Waals surface area contributed by atoms with Crippen molar-refractivity contribution in [2.24, 2.45) is 5.73 Å². The number of aromatic nitrogens is 3. The molecule has 11 heteroatoms. The van der Waals surface area contributed by atoms with Crippen LogP contribution in [-0.2, 0) is 24.2 Å². The number of amides is 3. The van der Waals surface area contributed by atoms with E-state index in [1.54, 1.807) is 35.2 Å². The molecular weight excluding hydrogens is 488 g/mol. The van der Waals surface area contributed by atoms with Crippen molar-refractivity contribution in [3.8, 4) is 0 Å². The van der Waals surface area contributed by atoms with Crippen molar-refractivity contribution >= 4 is 56.7 Å². The number of primary amides is 1. The molecule has 1 aliphatic heterocycles. The summed E-state index contributed by atoms with van der Waals surface area (Å²) in [6.45, 7) is 0.764. The minimum atomic E-state index is -0.591. The SMILES string of the molecule is NC(=O)c1c(NC(=O)CCc2ccc(Cl)cc2)sc2c1CCN(C(=O)c1ccc3[nH]nnc3c1)C2. The number of nitrogens with two attached hydrogens (primary N) is 1. The summed E-state index contributed by atoms with van der Waals surface area (Å²) in [6, 6.07) is 12.5. The van der Waals surface area contributed by atoms with Gasteiger partial charge in [0.15, 0.2) is 0 Å². The molecule has 9 nitrogen and oxygen atoms in total. The molecule has 4 aromatic rings. The average molecular weight is 509 g/mol. The number of carbonyl (C=O) groups excluding carboxylic acids is 3. The van der Waals surface area contributed by atoms with Gasteiger partial charge in [0.2, 0.25) is 5.91 Å². The largest absolute Gasteiger partial charge is 0.365 e. The molecular formula is C24H21ClN6O3S. The number of H-pyrrole nitrogens is 1. The monoisotopic (exact) mass is 508 g/mol. The Bertz CT molecular complexity index is 1450. The number of hydrogen-bond acceptors (Lipinski definition) is 6. The minimum Gasteiger partial charge on any atom is -0.365 e. The third kappa shape index (κ3) is 4.75. The van der Waals surface area contributed by atoms with Crippen molar-refractivity contribution in [1.29, 1.82) is 0 Å². The average Bonchev–Trinajstić information content (AvgIpc) is 3.46. The Morgan fingerprint density at radius 2 is 1.97 bits per heavy atom. The number of halogens is 1. The molecule has 0 aliphatic carbocycles. The molecule has 0 bridgehead atoms. The summed E-state index contributed by atoms with van der Waals surface area (Å²) in [5, 5.41) is 14.4. The highest BCUT2D eigenvalue weighted by molar-refractivity contribution is 7.17. The fourth-order valence-corrected chi connectivity index (χ4v) is 5.59. The second-order valence-electron chi connectivity index (χ2n) is 8.27. The van der Waals surface area contributed by atoms with Gasteiger partial charge >= 0.3 is 0 Å². The summed E-state index contributed by atoms with van der Waals surface area (Å²) < 4.78 is 0. The van der Waals surface area contributed by atoms with E-state index >= 15 is 0 Å². The summed E-state index contributed by atoms with van der Waals surface area (Å²) in [5.41, 5.74) is 9.67. The van der Waals surface area contributed by atoms with Crippen molar-refractivity contribution in [3.63, 3.8) is 0 Å². The molecule has 0 unspecified atom stereocenters. The van der Waals surface area contributed by atoms with E-state index in [1.165, 1.54) is 11.3 Å². The predicted octanol–water partition coefficient (Wildman–Crippen LogP) is 3.54. The first kappa shape index (κ1) is 23.0. The number of rotatable bonds is 6. The Morgan fingerprint density at radius 3 is 2.74 bits per heavy atom. The number of benzene rings is 2. The number of thiophene rings is 1. The molecule has 0 fully saturated rings. The smallest absolute Gasteiger partial charge is 0.254 e. The van der Waals surface area contributed by atoms with Crippen LogP contribution >= 0.6 is 22.9 Å². The van der Waals surface area contributed by atoms with Gasteiger partial charge < -0.3 is 16.0 Å². The zero-order valence-electron chi connectivity index (χ0n) is 18.5. The normalized spacial score (nSPS) is 13.0. The number of anilines is 1. The molecule has 0 saturated carbocycles. The summed E-state index contributed by atoms with van der Waals surface area (Å²) in [5.74, 6) is -0.940. The molecule has 1 aliphatic rings. The predicted molar refractivity (Wildman–Crippen MR) is 134 cm³/mol. The highest BCUT2D eigenvalue weighted by Gasteiger charge is 2.30. The maximum atomic E-state index is 13.1. The molecule has 4 N–H and O–H groups in total. The first-order chi connectivity index (χ1) is 16.9. The van der Waals surface area contributed by atoms with Crippen molar-refractivity contribution < 1.29 is 14.4 Å². The molecule has 178 valence electrons. The van der Waals surface area contributed by atoms with Gasteiger partial charge in [0.25, 0.3) is 11.8 Å². The molecule has 3 heterocycles. The number of fused-ring (bicyclic) bond motifs is 2. The van der Waals surface area contributed by atoms with Crippen LogP contribution in [0, 0.1) is 0 Å². The van der Waals surface area contributed by atoms with Gasteiger partial charge in [-0.05, 0) is 54.3 Å². The maximum Gasteiger partial charge on any atom is 0.254 e. The number of aryl methyl sites for hydroxylation is 1. The van der Waals surface area contributed by atoms with Gasteiger partial charge in [-0.25, -0.2) is 0 Å². The highest BCUT2D eigenvalue weighted by Crippen LogP contribution is 2.37. The Balaban J connectivity index is 1.31. The number of aromatic amines is 1. The summed E-state index contributed by atoms with van der Waals surface area (Å²) in [6.07, 6.45) is 1.26. The quantitative estimate of drug-likeness (QED) is 0.366. The van der Waals surface area contributed by atoms with E-state index < -0.39 is 5.91 Å². The molecule has 0 saturated heterocycles. The third-order valence-electron chi connectivity index (χ3n) is 5.97. The van der Waals surface area contributed by atoms with E-state index in [0.29, 0.717) is 52.6 Å². The summed E-state index contributed by atoms with van der Waals surface area (Å²) >= 11 is 7.20. The van der Waals surface area contributed by atoms with Crippen molar-refractivity contribution in [3.05, 3.63) is 74.6 Å². The van der Waals surface area contributed by atoms with Gasteiger partial charge in [-0.15, -0.1) is 16.4 Å². The van der Waals surface area contributed by atoms with Crippen LogP contribution in [0.3, 0.4) is 0 Å². The fourth-order valence-electron chi connectivity index (χ4n) is 4.18. The van der Waals surface area contributed by atoms with Crippen LogP contribution in [0.25, 0.3) is 11.0 Å². The zero-order valence-corrected chi connectivity index (χ0v) is 20.1. The minimum absolute atomic E-state index is 0.136. The molecule has 5 rings (SSSR count). The molecule has 0 atom stereocenters. The molecule has 0 spiro atoms. The molecule has 0 radical (unpaired) electrons. The second kappa shape index (κ2) is 9.47. The van der Waals surface area contributed by atoms with Crippen LogP contribution in [-0.4, -0.2) is 44.6 Å². The van der Waals surface area contributed by atoms with Gasteiger partial charge in [-0.2, -0.15) is 0 Å². The first-order valence-corrected chi connectivity index (χ1v) is 12.2.